The van der Waals surface area contributed by atoms with Gasteiger partial charge in [0.15, 0.2) is 0 Å². The fourth-order valence-corrected chi connectivity index (χ4v) is 4.24. The molecule has 0 radical (unpaired) electrons. The van der Waals surface area contributed by atoms with Crippen molar-refractivity contribution in [2.24, 2.45) is 0 Å². The Hall–Kier alpha value is -4.34. The van der Waals surface area contributed by atoms with Crippen molar-refractivity contribution in [2.45, 2.75) is 26.1 Å². The quantitative estimate of drug-likeness (QED) is 0.344. The Balaban J connectivity index is 1.83. The molecule has 0 spiro atoms. The van der Waals surface area contributed by atoms with Crippen molar-refractivity contribution in [3.8, 4) is 11.4 Å². The van der Waals surface area contributed by atoms with Gasteiger partial charge in [-0.1, -0.05) is 36.4 Å². The van der Waals surface area contributed by atoms with Gasteiger partial charge in [0.1, 0.15) is 11.6 Å². The highest BCUT2D eigenvalue weighted by Crippen LogP contribution is 2.35. The Bertz CT molecular complexity index is 1500. The average molecular weight is 511 g/mol. The molecule has 4 aromatic rings. The number of carbonyl (C=O) groups excluding carboxylic acids is 1. The van der Waals surface area contributed by atoms with E-state index in [2.05, 4.69) is 5.32 Å². The molecule has 1 atom stereocenters. The number of nitrogens with one attached hydrogen (secondary N) is 1. The van der Waals surface area contributed by atoms with Crippen LogP contribution in [-0.2, 0) is 6.18 Å². The summed E-state index contributed by atoms with van der Waals surface area (Å²) in [5, 5.41) is 2.75. The van der Waals surface area contributed by atoms with Crippen molar-refractivity contribution < 1.29 is 22.7 Å². The number of nitrogens with zero attached hydrogens (tertiary/aromatic N) is 3. The van der Waals surface area contributed by atoms with Gasteiger partial charge in [-0.2, -0.15) is 13.2 Å². The van der Waals surface area contributed by atoms with E-state index in [1.54, 1.807) is 62.4 Å². The number of alkyl halides is 3. The second-order valence-corrected chi connectivity index (χ2v) is 8.24. The van der Waals surface area contributed by atoms with E-state index in [1.165, 1.54) is 34.8 Å². The molecule has 0 aliphatic heterocycles. The van der Waals surface area contributed by atoms with Crippen LogP contribution in [0.1, 0.15) is 31.3 Å². The maximum absolute atomic E-state index is 13.7. The minimum Gasteiger partial charge on any atom is -0.495 e. The minimum absolute atomic E-state index is 0.135. The van der Waals surface area contributed by atoms with Crippen LogP contribution in [0.2, 0.25) is 0 Å². The first-order chi connectivity index (χ1) is 17.7. The summed E-state index contributed by atoms with van der Waals surface area (Å²) in [7, 11) is 1.48. The number of halogens is 3. The van der Waals surface area contributed by atoms with Crippen LogP contribution in [-0.4, -0.2) is 34.1 Å². The van der Waals surface area contributed by atoms with Crippen molar-refractivity contribution in [3.63, 3.8) is 0 Å². The van der Waals surface area contributed by atoms with Crippen LogP contribution in [0.25, 0.3) is 16.6 Å². The molecule has 2 amide bonds. The predicted molar refractivity (Wildman–Crippen MR) is 135 cm³/mol. The zero-order valence-corrected chi connectivity index (χ0v) is 20.4. The number of urea groups is 1. The van der Waals surface area contributed by atoms with Gasteiger partial charge in [-0.3, -0.25) is 9.36 Å². The third-order valence-electron chi connectivity index (χ3n) is 6.04. The summed E-state index contributed by atoms with van der Waals surface area (Å²) in [6, 6.07) is 16.9. The molecule has 1 unspecified atom stereocenters. The van der Waals surface area contributed by atoms with Crippen molar-refractivity contribution in [2.75, 3.05) is 19.0 Å². The van der Waals surface area contributed by atoms with Gasteiger partial charge in [0, 0.05) is 6.54 Å². The van der Waals surface area contributed by atoms with Crippen LogP contribution >= 0.6 is 0 Å². The number of amides is 2. The van der Waals surface area contributed by atoms with Gasteiger partial charge in [-0.15, -0.1) is 0 Å². The molecule has 0 aliphatic rings. The third-order valence-corrected chi connectivity index (χ3v) is 6.04. The largest absolute Gasteiger partial charge is 0.495 e. The number of methoxy groups -OCH3 is 1. The van der Waals surface area contributed by atoms with Gasteiger partial charge in [-0.25, -0.2) is 9.78 Å². The smallest absolute Gasteiger partial charge is 0.418 e. The van der Waals surface area contributed by atoms with Crippen LogP contribution in [0.3, 0.4) is 0 Å². The molecule has 0 saturated heterocycles. The second kappa shape index (κ2) is 10.3. The number of ether oxygens (including phenoxy) is 1. The molecule has 37 heavy (non-hydrogen) atoms. The first-order valence-electron chi connectivity index (χ1n) is 11.6. The molecular formula is C27H25F3N4O3. The van der Waals surface area contributed by atoms with E-state index in [1.807, 2.05) is 0 Å². The maximum atomic E-state index is 13.7. The Morgan fingerprint density at radius 1 is 1.05 bits per heavy atom. The van der Waals surface area contributed by atoms with Crippen LogP contribution in [0, 0.1) is 0 Å². The van der Waals surface area contributed by atoms with Gasteiger partial charge in [0.05, 0.1) is 41.0 Å². The molecule has 0 aliphatic carbocycles. The molecule has 3 aromatic carbocycles. The highest BCUT2D eigenvalue weighted by atomic mass is 19.4. The van der Waals surface area contributed by atoms with Crippen molar-refractivity contribution >= 4 is 22.6 Å². The molecule has 4 rings (SSSR count). The molecule has 7 nitrogen and oxygen atoms in total. The van der Waals surface area contributed by atoms with Gasteiger partial charge in [-0.05, 0) is 50.2 Å². The van der Waals surface area contributed by atoms with Crippen LogP contribution < -0.4 is 15.6 Å². The van der Waals surface area contributed by atoms with Gasteiger partial charge >= 0.3 is 12.2 Å². The van der Waals surface area contributed by atoms with E-state index in [0.29, 0.717) is 22.3 Å². The molecular weight excluding hydrogens is 485 g/mol. The van der Waals surface area contributed by atoms with Crippen molar-refractivity contribution in [1.29, 1.82) is 0 Å². The van der Waals surface area contributed by atoms with E-state index in [9.17, 15) is 22.8 Å². The normalized spacial score (nSPS) is 12.3. The minimum atomic E-state index is -4.64. The zero-order valence-electron chi connectivity index (χ0n) is 20.4. The number of para-hydroxylation sites is 4. The Morgan fingerprint density at radius 2 is 1.70 bits per heavy atom. The van der Waals surface area contributed by atoms with Crippen LogP contribution in [0.5, 0.6) is 5.75 Å². The van der Waals surface area contributed by atoms with E-state index in [0.717, 1.165) is 6.07 Å². The highest BCUT2D eigenvalue weighted by molar-refractivity contribution is 5.90. The van der Waals surface area contributed by atoms with Gasteiger partial charge in [0.25, 0.3) is 5.56 Å². The van der Waals surface area contributed by atoms with Gasteiger partial charge < -0.3 is 15.0 Å². The number of carbonyl (C=O) groups is 1. The van der Waals surface area contributed by atoms with Crippen molar-refractivity contribution in [1.82, 2.24) is 14.5 Å². The van der Waals surface area contributed by atoms with E-state index >= 15 is 0 Å². The summed E-state index contributed by atoms with van der Waals surface area (Å²) < 4.78 is 47.3. The van der Waals surface area contributed by atoms with Crippen LogP contribution in [0.15, 0.2) is 77.6 Å². The number of fused-ring (bicyclic) bond motifs is 1. The molecule has 0 fully saturated rings. The Morgan fingerprint density at radius 3 is 2.41 bits per heavy atom. The lowest BCUT2D eigenvalue weighted by Crippen LogP contribution is -2.40. The second-order valence-electron chi connectivity index (χ2n) is 8.24. The highest BCUT2D eigenvalue weighted by Gasteiger charge is 2.34. The van der Waals surface area contributed by atoms with E-state index in [4.69, 9.17) is 9.72 Å². The molecule has 192 valence electrons. The van der Waals surface area contributed by atoms with E-state index < -0.39 is 23.8 Å². The number of hydrogen-bond acceptors (Lipinski definition) is 4. The topological polar surface area (TPSA) is 76.5 Å². The lowest BCUT2D eigenvalue weighted by atomic mass is 10.1. The molecule has 0 bridgehead atoms. The molecule has 1 N–H and O–H groups in total. The standard InChI is InChI=1S/C27H25F3N4O3/c1-4-33(26(36)32-21-14-8-6-12-19(21)27(28,29)30)17(2)24-31-20-13-7-5-11-18(20)25(35)34(24)22-15-9-10-16-23(22)37-3/h5-17H,4H2,1-3H3,(H,32,36). The van der Waals surface area contributed by atoms with E-state index in [-0.39, 0.29) is 23.6 Å². The third kappa shape index (κ3) is 5.00. The number of benzene rings is 3. The summed E-state index contributed by atoms with van der Waals surface area (Å²) in [6.45, 7) is 3.50. The predicted octanol–water partition coefficient (Wildman–Crippen LogP) is 6.03. The monoisotopic (exact) mass is 510 g/mol. The first-order valence-corrected chi connectivity index (χ1v) is 11.6. The average Bonchev–Trinajstić information content (AvgIpc) is 2.88. The lowest BCUT2D eigenvalue weighted by molar-refractivity contribution is -0.136. The number of rotatable bonds is 6. The lowest BCUT2D eigenvalue weighted by Gasteiger charge is -2.30. The molecule has 0 saturated carbocycles. The Kier molecular flexibility index (Phi) is 7.19. The first kappa shape index (κ1) is 25.7. The summed E-state index contributed by atoms with van der Waals surface area (Å²) in [5.74, 6) is 0.649. The number of hydrogen-bond donors (Lipinski definition) is 1. The summed E-state index contributed by atoms with van der Waals surface area (Å²) in [6.07, 6.45) is -4.64. The van der Waals surface area contributed by atoms with Crippen LogP contribution in [0.4, 0.5) is 23.7 Å². The SMILES string of the molecule is CCN(C(=O)Nc1ccccc1C(F)(F)F)C(C)c1nc2ccccc2c(=O)n1-c1ccccc1OC. The van der Waals surface area contributed by atoms with Crippen molar-refractivity contribution in [3.05, 3.63) is 94.5 Å². The molecule has 1 aromatic heterocycles. The Labute approximate surface area is 211 Å². The molecule has 1 heterocycles. The summed E-state index contributed by atoms with van der Waals surface area (Å²) >= 11 is 0. The fourth-order valence-electron chi connectivity index (χ4n) is 4.24. The zero-order chi connectivity index (χ0) is 26.7. The number of aromatic nitrogens is 2. The molecule has 10 heteroatoms. The van der Waals surface area contributed by atoms with Gasteiger partial charge in [0.2, 0.25) is 0 Å². The summed E-state index contributed by atoms with van der Waals surface area (Å²) in [5.41, 5.74) is -0.828. The summed E-state index contributed by atoms with van der Waals surface area (Å²) in [4.78, 5) is 33.0. The fraction of sp³-hybridized carbons (Fsp3) is 0.222. The maximum Gasteiger partial charge on any atom is 0.418 e. The number of anilines is 1.